The second-order valence-corrected chi connectivity index (χ2v) is 4.30. The summed E-state index contributed by atoms with van der Waals surface area (Å²) in [7, 11) is 0. The van der Waals surface area contributed by atoms with Crippen LogP contribution in [0.1, 0.15) is 19.3 Å². The maximum Gasteiger partial charge on any atom is -0.0168 e. The van der Waals surface area contributed by atoms with Crippen LogP contribution in [0.3, 0.4) is 0 Å². The summed E-state index contributed by atoms with van der Waals surface area (Å²) in [6.45, 7) is 3.90. The Bertz CT molecular complexity index is 166. The van der Waals surface area contributed by atoms with E-state index in [1.165, 1.54) is 12.8 Å². The minimum absolute atomic E-state index is 0.950. The third-order valence-electron chi connectivity index (χ3n) is 4.07. The van der Waals surface area contributed by atoms with Crippen molar-refractivity contribution in [2.45, 2.75) is 19.3 Å². The first kappa shape index (κ1) is 5.40. The number of allylic oxidation sites excluding steroid dienone is 1. The number of hydrogen-bond acceptors (Lipinski definition) is 0. The average molecular weight is 134 g/mol. The van der Waals surface area contributed by atoms with Crippen LogP contribution in [0.5, 0.6) is 0 Å². The van der Waals surface area contributed by atoms with Crippen LogP contribution >= 0.6 is 0 Å². The molecule has 0 amide bonds. The standard InChI is InChI=1S/C10H14/c1-2-8-9-6-3-4-7(5-6)10(8)9/h2,6-10H,1,3-5H2/t6-,7+,8?,9-,10+. The van der Waals surface area contributed by atoms with Crippen LogP contribution in [0.15, 0.2) is 12.7 Å². The third-order valence-corrected chi connectivity index (χ3v) is 4.07. The Kier molecular flexibility index (Phi) is 0.805. The smallest absolute Gasteiger partial charge is 0.0168 e. The molecule has 0 N–H and O–H groups in total. The van der Waals surface area contributed by atoms with Gasteiger partial charge in [-0.15, -0.1) is 6.58 Å². The molecule has 3 fully saturated rings. The normalized spacial score (nSPS) is 62.2. The second kappa shape index (κ2) is 1.49. The fourth-order valence-electron chi connectivity index (χ4n) is 3.71. The Morgan fingerprint density at radius 1 is 1.10 bits per heavy atom. The van der Waals surface area contributed by atoms with Crippen LogP contribution in [0.4, 0.5) is 0 Å². The largest absolute Gasteiger partial charge is 0.103 e. The first-order valence-electron chi connectivity index (χ1n) is 4.54. The van der Waals surface area contributed by atoms with Gasteiger partial charge in [0, 0.05) is 0 Å². The molecule has 3 aliphatic carbocycles. The van der Waals surface area contributed by atoms with E-state index in [-0.39, 0.29) is 0 Å². The van der Waals surface area contributed by atoms with Crippen molar-refractivity contribution in [2.75, 3.05) is 0 Å². The van der Waals surface area contributed by atoms with Crippen LogP contribution in [-0.2, 0) is 0 Å². The Labute approximate surface area is 62.3 Å². The number of rotatable bonds is 1. The Morgan fingerprint density at radius 2 is 1.70 bits per heavy atom. The molecule has 0 aliphatic heterocycles. The lowest BCUT2D eigenvalue weighted by Gasteiger charge is -2.04. The van der Waals surface area contributed by atoms with Gasteiger partial charge in [-0.3, -0.25) is 0 Å². The molecule has 0 radical (unpaired) electrons. The van der Waals surface area contributed by atoms with Gasteiger partial charge >= 0.3 is 0 Å². The zero-order valence-corrected chi connectivity index (χ0v) is 6.29. The summed E-state index contributed by atoms with van der Waals surface area (Å²) < 4.78 is 0. The molecule has 0 aromatic rings. The van der Waals surface area contributed by atoms with Crippen molar-refractivity contribution in [3.05, 3.63) is 12.7 Å². The highest BCUT2D eigenvalue weighted by Gasteiger charge is 2.63. The van der Waals surface area contributed by atoms with Gasteiger partial charge in [0.15, 0.2) is 0 Å². The van der Waals surface area contributed by atoms with Crippen LogP contribution in [-0.4, -0.2) is 0 Å². The van der Waals surface area contributed by atoms with Gasteiger partial charge in [0.1, 0.15) is 0 Å². The molecule has 0 aromatic carbocycles. The molecule has 10 heavy (non-hydrogen) atoms. The molecule has 0 heteroatoms. The van der Waals surface area contributed by atoms with Gasteiger partial charge in [0.25, 0.3) is 0 Å². The quantitative estimate of drug-likeness (QED) is 0.483. The molecule has 0 spiro atoms. The van der Waals surface area contributed by atoms with E-state index in [1.807, 2.05) is 0 Å². The summed E-state index contributed by atoms with van der Waals surface area (Å²) in [5.74, 6) is 5.41. The summed E-state index contributed by atoms with van der Waals surface area (Å²) in [6, 6.07) is 0. The molecule has 54 valence electrons. The Balaban J connectivity index is 1.90. The van der Waals surface area contributed by atoms with Gasteiger partial charge in [0.05, 0.1) is 0 Å². The van der Waals surface area contributed by atoms with E-state index in [2.05, 4.69) is 12.7 Å². The highest BCUT2D eigenvalue weighted by molar-refractivity contribution is 5.17. The van der Waals surface area contributed by atoms with Gasteiger partial charge in [0.2, 0.25) is 0 Å². The molecule has 2 bridgehead atoms. The first-order chi connectivity index (χ1) is 4.92. The van der Waals surface area contributed by atoms with Gasteiger partial charge < -0.3 is 0 Å². The van der Waals surface area contributed by atoms with Crippen LogP contribution in [0.25, 0.3) is 0 Å². The highest BCUT2D eigenvalue weighted by Crippen LogP contribution is 2.69. The monoisotopic (exact) mass is 134 g/mol. The van der Waals surface area contributed by atoms with Crippen LogP contribution < -0.4 is 0 Å². The second-order valence-electron chi connectivity index (χ2n) is 4.30. The first-order valence-corrected chi connectivity index (χ1v) is 4.54. The summed E-state index contributed by atoms with van der Waals surface area (Å²) in [5.41, 5.74) is 0. The van der Waals surface area contributed by atoms with Crippen molar-refractivity contribution in [1.29, 1.82) is 0 Å². The molecule has 1 unspecified atom stereocenters. The Hall–Kier alpha value is -0.260. The predicted octanol–water partition coefficient (Wildman–Crippen LogP) is 2.46. The molecule has 0 nitrogen and oxygen atoms in total. The highest BCUT2D eigenvalue weighted by atomic mass is 14.7. The summed E-state index contributed by atoms with van der Waals surface area (Å²) in [6.07, 6.45) is 6.85. The SMILES string of the molecule is C=CC1[C@@H]2[C@H]3CC[C@H](C3)[C@H]12. The van der Waals surface area contributed by atoms with Gasteiger partial charge in [-0.2, -0.15) is 0 Å². The van der Waals surface area contributed by atoms with Crippen LogP contribution in [0, 0.1) is 29.6 Å². The van der Waals surface area contributed by atoms with Crippen molar-refractivity contribution < 1.29 is 0 Å². The molecule has 0 heterocycles. The maximum absolute atomic E-state index is 3.90. The van der Waals surface area contributed by atoms with E-state index < -0.39 is 0 Å². The lowest BCUT2D eigenvalue weighted by atomic mass is 10.0. The molecule has 0 aromatic heterocycles. The van der Waals surface area contributed by atoms with E-state index in [1.54, 1.807) is 6.42 Å². The molecular weight excluding hydrogens is 120 g/mol. The summed E-state index contributed by atoms with van der Waals surface area (Å²) in [5, 5.41) is 0. The van der Waals surface area contributed by atoms with Crippen molar-refractivity contribution in [2.24, 2.45) is 29.6 Å². The van der Waals surface area contributed by atoms with Gasteiger partial charge in [-0.05, 0) is 48.9 Å². The lowest BCUT2D eigenvalue weighted by molar-refractivity contribution is 0.456. The molecule has 3 saturated carbocycles. The van der Waals surface area contributed by atoms with E-state index in [9.17, 15) is 0 Å². The van der Waals surface area contributed by atoms with E-state index >= 15 is 0 Å². The van der Waals surface area contributed by atoms with Crippen molar-refractivity contribution >= 4 is 0 Å². The van der Waals surface area contributed by atoms with Crippen molar-refractivity contribution in [3.63, 3.8) is 0 Å². The fourth-order valence-corrected chi connectivity index (χ4v) is 3.71. The zero-order valence-electron chi connectivity index (χ0n) is 6.29. The zero-order chi connectivity index (χ0) is 6.72. The average Bonchev–Trinajstić information content (AvgIpc) is 2.36. The van der Waals surface area contributed by atoms with Crippen LogP contribution in [0.2, 0.25) is 0 Å². The van der Waals surface area contributed by atoms with E-state index in [0.29, 0.717) is 0 Å². The number of hydrogen-bond donors (Lipinski definition) is 0. The molecule has 0 saturated heterocycles. The van der Waals surface area contributed by atoms with Gasteiger partial charge in [-0.1, -0.05) is 6.08 Å². The minimum Gasteiger partial charge on any atom is -0.103 e. The third kappa shape index (κ3) is 0.426. The summed E-state index contributed by atoms with van der Waals surface area (Å²) >= 11 is 0. The van der Waals surface area contributed by atoms with E-state index in [0.717, 1.165) is 29.6 Å². The molecule has 3 rings (SSSR count). The molecular formula is C10H14. The lowest BCUT2D eigenvalue weighted by Crippen LogP contribution is -1.95. The molecule has 5 atom stereocenters. The molecule has 3 aliphatic rings. The van der Waals surface area contributed by atoms with Crippen molar-refractivity contribution in [1.82, 2.24) is 0 Å². The predicted molar refractivity (Wildman–Crippen MR) is 41.5 cm³/mol. The topological polar surface area (TPSA) is 0 Å². The Morgan fingerprint density at radius 3 is 2.20 bits per heavy atom. The minimum atomic E-state index is 0.950. The van der Waals surface area contributed by atoms with E-state index in [4.69, 9.17) is 0 Å². The maximum atomic E-state index is 3.90. The number of fused-ring (bicyclic) bond motifs is 5. The summed E-state index contributed by atoms with van der Waals surface area (Å²) in [4.78, 5) is 0. The van der Waals surface area contributed by atoms with Gasteiger partial charge in [-0.25, -0.2) is 0 Å². The van der Waals surface area contributed by atoms with Crippen molar-refractivity contribution in [3.8, 4) is 0 Å². The fraction of sp³-hybridized carbons (Fsp3) is 0.800.